The molecule has 0 N–H and O–H groups in total. The van der Waals surface area contributed by atoms with Crippen molar-refractivity contribution in [3.8, 4) is 11.5 Å². The highest BCUT2D eigenvalue weighted by Gasteiger charge is 2.48. The molecule has 1 spiro atoms. The smallest absolute Gasteiger partial charge is 0.161 e. The highest BCUT2D eigenvalue weighted by Crippen LogP contribution is 2.49. The second-order valence-corrected chi connectivity index (χ2v) is 7.08. The number of rotatable bonds is 6. The number of methoxy groups -OCH3 is 2. The van der Waals surface area contributed by atoms with Crippen molar-refractivity contribution in [1.82, 2.24) is 4.90 Å². The highest BCUT2D eigenvalue weighted by atomic mass is 16.5. The summed E-state index contributed by atoms with van der Waals surface area (Å²) < 4.78 is 16.6. The molecule has 23 heavy (non-hydrogen) atoms. The molecule has 1 aliphatic carbocycles. The molecule has 4 nitrogen and oxygen atoms in total. The number of benzene rings is 1. The van der Waals surface area contributed by atoms with E-state index in [1.807, 2.05) is 0 Å². The molecule has 0 radical (unpaired) electrons. The van der Waals surface area contributed by atoms with Crippen LogP contribution >= 0.6 is 0 Å². The predicted octanol–water partition coefficient (Wildman–Crippen LogP) is 3.40. The SMILES string of the molecule is CCOC1CC2(CCN(Cc3cc(OC)c(OC)cc3C)C2)C1. The van der Waals surface area contributed by atoms with Crippen molar-refractivity contribution in [2.75, 3.05) is 33.9 Å². The van der Waals surface area contributed by atoms with E-state index in [4.69, 9.17) is 14.2 Å². The standard InChI is InChI=1S/C19H29NO3/c1-5-23-16-10-19(11-16)6-7-20(13-19)12-15-9-18(22-4)17(21-3)8-14(15)2/h8-9,16H,5-7,10-13H2,1-4H3. The van der Waals surface area contributed by atoms with E-state index in [2.05, 4.69) is 30.9 Å². The van der Waals surface area contributed by atoms with Crippen LogP contribution in [-0.4, -0.2) is 44.9 Å². The zero-order chi connectivity index (χ0) is 16.4. The largest absolute Gasteiger partial charge is 0.493 e. The predicted molar refractivity (Wildman–Crippen MR) is 91.3 cm³/mol. The van der Waals surface area contributed by atoms with Gasteiger partial charge in [0, 0.05) is 19.7 Å². The number of nitrogens with zero attached hydrogens (tertiary/aromatic N) is 1. The van der Waals surface area contributed by atoms with Crippen LogP contribution in [0.2, 0.25) is 0 Å². The molecule has 0 atom stereocenters. The molecule has 0 unspecified atom stereocenters. The molecular formula is C19H29NO3. The Hall–Kier alpha value is -1.26. The normalized spacial score (nSPS) is 27.2. The first kappa shape index (κ1) is 16.6. The van der Waals surface area contributed by atoms with Crippen LogP contribution < -0.4 is 9.47 Å². The van der Waals surface area contributed by atoms with Crippen molar-refractivity contribution in [2.45, 2.75) is 45.8 Å². The summed E-state index contributed by atoms with van der Waals surface area (Å²) in [5.74, 6) is 1.63. The van der Waals surface area contributed by atoms with Crippen LogP contribution in [0.25, 0.3) is 0 Å². The molecule has 0 amide bonds. The van der Waals surface area contributed by atoms with E-state index in [1.165, 1.54) is 43.5 Å². The molecule has 1 saturated heterocycles. The number of hydrogen-bond acceptors (Lipinski definition) is 4. The van der Waals surface area contributed by atoms with Gasteiger partial charge in [-0.05, 0) is 68.3 Å². The molecule has 1 aliphatic heterocycles. The molecule has 1 aromatic carbocycles. The number of ether oxygens (including phenoxy) is 3. The summed E-state index contributed by atoms with van der Waals surface area (Å²) in [6, 6.07) is 4.21. The van der Waals surface area contributed by atoms with E-state index in [0.29, 0.717) is 11.5 Å². The average molecular weight is 319 g/mol. The molecule has 1 heterocycles. The van der Waals surface area contributed by atoms with Gasteiger partial charge in [-0.15, -0.1) is 0 Å². The van der Waals surface area contributed by atoms with Gasteiger partial charge in [0.1, 0.15) is 0 Å². The highest BCUT2D eigenvalue weighted by molar-refractivity contribution is 5.47. The monoisotopic (exact) mass is 319 g/mol. The first-order chi connectivity index (χ1) is 11.1. The third kappa shape index (κ3) is 3.33. The summed E-state index contributed by atoms with van der Waals surface area (Å²) in [5.41, 5.74) is 3.12. The molecular weight excluding hydrogens is 290 g/mol. The maximum absolute atomic E-state index is 5.74. The zero-order valence-electron chi connectivity index (χ0n) is 14.9. The Balaban J connectivity index is 1.63. The molecule has 0 aromatic heterocycles. The lowest BCUT2D eigenvalue weighted by molar-refractivity contribution is -0.0718. The van der Waals surface area contributed by atoms with Crippen molar-refractivity contribution >= 4 is 0 Å². The minimum atomic E-state index is 0.503. The van der Waals surface area contributed by atoms with Gasteiger partial charge >= 0.3 is 0 Å². The third-order valence-electron chi connectivity index (χ3n) is 5.48. The van der Waals surface area contributed by atoms with Gasteiger partial charge in [0.15, 0.2) is 11.5 Å². The van der Waals surface area contributed by atoms with E-state index < -0.39 is 0 Å². The fraction of sp³-hybridized carbons (Fsp3) is 0.684. The molecule has 128 valence electrons. The Kier molecular flexibility index (Phi) is 4.83. The van der Waals surface area contributed by atoms with Crippen LogP contribution in [-0.2, 0) is 11.3 Å². The van der Waals surface area contributed by atoms with Gasteiger partial charge in [-0.25, -0.2) is 0 Å². The Labute approximate surface area is 139 Å². The van der Waals surface area contributed by atoms with Crippen molar-refractivity contribution < 1.29 is 14.2 Å². The lowest BCUT2D eigenvalue weighted by Crippen LogP contribution is -2.44. The average Bonchev–Trinajstić information content (AvgIpc) is 2.93. The molecule has 1 aromatic rings. The fourth-order valence-electron chi connectivity index (χ4n) is 4.19. The maximum Gasteiger partial charge on any atom is 0.161 e. The summed E-state index contributed by atoms with van der Waals surface area (Å²) in [5, 5.41) is 0. The van der Waals surface area contributed by atoms with Crippen LogP contribution in [0.4, 0.5) is 0 Å². The van der Waals surface area contributed by atoms with E-state index in [-0.39, 0.29) is 0 Å². The van der Waals surface area contributed by atoms with Crippen LogP contribution in [0.1, 0.15) is 37.3 Å². The number of likely N-dealkylation sites (tertiary alicyclic amines) is 1. The van der Waals surface area contributed by atoms with Gasteiger partial charge < -0.3 is 14.2 Å². The van der Waals surface area contributed by atoms with Gasteiger partial charge in [0.25, 0.3) is 0 Å². The minimum absolute atomic E-state index is 0.503. The Morgan fingerprint density at radius 3 is 2.52 bits per heavy atom. The molecule has 0 bridgehead atoms. The van der Waals surface area contributed by atoms with Gasteiger partial charge in [-0.1, -0.05) is 0 Å². The van der Waals surface area contributed by atoms with Crippen molar-refractivity contribution in [2.24, 2.45) is 5.41 Å². The van der Waals surface area contributed by atoms with Gasteiger partial charge in [0.2, 0.25) is 0 Å². The minimum Gasteiger partial charge on any atom is -0.493 e. The first-order valence-corrected chi connectivity index (χ1v) is 8.64. The van der Waals surface area contributed by atoms with E-state index in [9.17, 15) is 0 Å². The second kappa shape index (κ2) is 6.70. The fourth-order valence-corrected chi connectivity index (χ4v) is 4.19. The Morgan fingerprint density at radius 2 is 1.87 bits per heavy atom. The molecule has 4 heteroatoms. The molecule has 3 rings (SSSR count). The Bertz CT molecular complexity index is 552. The summed E-state index contributed by atoms with van der Waals surface area (Å²) >= 11 is 0. The number of hydrogen-bond donors (Lipinski definition) is 0. The Morgan fingerprint density at radius 1 is 1.17 bits per heavy atom. The third-order valence-corrected chi connectivity index (χ3v) is 5.48. The van der Waals surface area contributed by atoms with Gasteiger partial charge in [0.05, 0.1) is 20.3 Å². The van der Waals surface area contributed by atoms with E-state index in [1.54, 1.807) is 14.2 Å². The van der Waals surface area contributed by atoms with Crippen LogP contribution in [0, 0.1) is 12.3 Å². The van der Waals surface area contributed by atoms with Crippen molar-refractivity contribution in [3.05, 3.63) is 23.3 Å². The first-order valence-electron chi connectivity index (χ1n) is 8.64. The lowest BCUT2D eigenvalue weighted by atomic mass is 9.66. The van der Waals surface area contributed by atoms with Gasteiger partial charge in [-0.3, -0.25) is 4.90 Å². The summed E-state index contributed by atoms with van der Waals surface area (Å²) in [6.07, 6.45) is 4.29. The van der Waals surface area contributed by atoms with Crippen molar-refractivity contribution in [1.29, 1.82) is 0 Å². The topological polar surface area (TPSA) is 30.9 Å². The zero-order valence-corrected chi connectivity index (χ0v) is 14.9. The lowest BCUT2D eigenvalue weighted by Gasteiger charge is -2.45. The van der Waals surface area contributed by atoms with E-state index >= 15 is 0 Å². The van der Waals surface area contributed by atoms with Crippen molar-refractivity contribution in [3.63, 3.8) is 0 Å². The quantitative estimate of drug-likeness (QED) is 0.804. The maximum atomic E-state index is 5.74. The molecule has 2 fully saturated rings. The molecule has 2 aliphatic rings. The van der Waals surface area contributed by atoms with Crippen LogP contribution in [0.15, 0.2) is 12.1 Å². The van der Waals surface area contributed by atoms with E-state index in [0.717, 1.165) is 24.7 Å². The van der Waals surface area contributed by atoms with Crippen LogP contribution in [0.5, 0.6) is 11.5 Å². The molecule has 1 saturated carbocycles. The summed E-state index contributed by atoms with van der Waals surface area (Å²) in [4.78, 5) is 2.58. The number of aryl methyl sites for hydroxylation is 1. The van der Waals surface area contributed by atoms with Crippen LogP contribution in [0.3, 0.4) is 0 Å². The summed E-state index contributed by atoms with van der Waals surface area (Å²) in [6.45, 7) is 8.46. The van der Waals surface area contributed by atoms with Gasteiger partial charge in [-0.2, -0.15) is 0 Å². The summed E-state index contributed by atoms with van der Waals surface area (Å²) in [7, 11) is 3.39. The second-order valence-electron chi connectivity index (χ2n) is 7.08.